The zero-order valence-corrected chi connectivity index (χ0v) is 10.5. The van der Waals surface area contributed by atoms with E-state index in [4.69, 9.17) is 14.2 Å². The summed E-state index contributed by atoms with van der Waals surface area (Å²) >= 11 is 0. The molecule has 1 saturated carbocycles. The van der Waals surface area contributed by atoms with Gasteiger partial charge in [-0.25, -0.2) is 8.78 Å². The average Bonchev–Trinajstić information content (AvgIpc) is 2.38. The van der Waals surface area contributed by atoms with E-state index in [1.54, 1.807) is 7.11 Å². The molecular weight excluding hydrogens is 258 g/mol. The monoisotopic (exact) mass is 274 g/mol. The van der Waals surface area contributed by atoms with Gasteiger partial charge in [-0.1, -0.05) is 0 Å². The molecule has 0 heterocycles. The van der Waals surface area contributed by atoms with Crippen LogP contribution in [0.4, 0.5) is 8.78 Å². The molecule has 2 rings (SSSR count). The van der Waals surface area contributed by atoms with E-state index in [-0.39, 0.29) is 11.9 Å². The topological polar surface area (TPSA) is 47.9 Å². The van der Waals surface area contributed by atoms with Gasteiger partial charge in [0.1, 0.15) is 18.0 Å². The van der Waals surface area contributed by atoms with Crippen molar-refractivity contribution in [2.75, 3.05) is 20.3 Å². The molecule has 1 aromatic rings. The fraction of sp³-hybridized carbons (Fsp3) is 0.538. The first kappa shape index (κ1) is 14.2. The standard InChI is InChI=1S/C13H16F2O4/c1-17-4-5-18-13-11(16)7-12(13)19-8-2-3-9(14)10(15)6-8/h2-3,6,11-13,16H,4-5,7H2,1H3. The summed E-state index contributed by atoms with van der Waals surface area (Å²) in [5, 5.41) is 9.57. The molecule has 1 aliphatic rings. The highest BCUT2D eigenvalue weighted by Crippen LogP contribution is 2.29. The van der Waals surface area contributed by atoms with Gasteiger partial charge in [-0.3, -0.25) is 0 Å². The zero-order valence-electron chi connectivity index (χ0n) is 10.5. The van der Waals surface area contributed by atoms with Crippen LogP contribution >= 0.6 is 0 Å². The SMILES string of the molecule is COCCOC1C(O)CC1Oc1ccc(F)c(F)c1. The molecule has 3 unspecified atom stereocenters. The molecule has 1 aromatic carbocycles. The number of hydrogen-bond acceptors (Lipinski definition) is 4. The van der Waals surface area contributed by atoms with Crippen molar-refractivity contribution in [1.29, 1.82) is 0 Å². The third kappa shape index (κ3) is 3.40. The average molecular weight is 274 g/mol. The van der Waals surface area contributed by atoms with Crippen molar-refractivity contribution < 1.29 is 28.1 Å². The maximum absolute atomic E-state index is 13.0. The van der Waals surface area contributed by atoms with Crippen LogP contribution in [0.25, 0.3) is 0 Å². The van der Waals surface area contributed by atoms with Crippen LogP contribution in [-0.2, 0) is 9.47 Å². The lowest BCUT2D eigenvalue weighted by atomic mass is 9.88. The van der Waals surface area contributed by atoms with Crippen LogP contribution in [-0.4, -0.2) is 43.7 Å². The second-order valence-electron chi connectivity index (χ2n) is 4.36. The number of halogens is 2. The highest BCUT2D eigenvalue weighted by molar-refractivity contribution is 5.24. The number of benzene rings is 1. The first-order valence-corrected chi connectivity index (χ1v) is 6.02. The number of aliphatic hydroxyl groups is 1. The molecule has 3 atom stereocenters. The van der Waals surface area contributed by atoms with E-state index in [1.165, 1.54) is 6.07 Å². The zero-order chi connectivity index (χ0) is 13.8. The predicted molar refractivity (Wildman–Crippen MR) is 63.0 cm³/mol. The van der Waals surface area contributed by atoms with Gasteiger partial charge in [0.15, 0.2) is 11.6 Å². The molecule has 0 aliphatic heterocycles. The van der Waals surface area contributed by atoms with Gasteiger partial charge in [0, 0.05) is 19.6 Å². The molecule has 4 nitrogen and oxygen atoms in total. The van der Waals surface area contributed by atoms with Crippen LogP contribution in [0.2, 0.25) is 0 Å². The van der Waals surface area contributed by atoms with Gasteiger partial charge in [0.25, 0.3) is 0 Å². The van der Waals surface area contributed by atoms with E-state index in [1.807, 2.05) is 0 Å². The van der Waals surface area contributed by atoms with Gasteiger partial charge in [-0.2, -0.15) is 0 Å². The minimum Gasteiger partial charge on any atom is -0.487 e. The third-order valence-electron chi connectivity index (χ3n) is 3.00. The van der Waals surface area contributed by atoms with Gasteiger partial charge < -0.3 is 19.3 Å². The lowest BCUT2D eigenvalue weighted by Crippen LogP contribution is -2.55. The normalized spacial score (nSPS) is 26.0. The Kier molecular flexibility index (Phi) is 4.68. The molecule has 0 bridgehead atoms. The van der Waals surface area contributed by atoms with Crippen molar-refractivity contribution in [3.8, 4) is 5.75 Å². The summed E-state index contributed by atoms with van der Waals surface area (Å²) in [6.07, 6.45) is -1.04. The van der Waals surface area contributed by atoms with Gasteiger partial charge >= 0.3 is 0 Å². The maximum Gasteiger partial charge on any atom is 0.162 e. The van der Waals surface area contributed by atoms with Gasteiger partial charge in [-0.15, -0.1) is 0 Å². The van der Waals surface area contributed by atoms with Crippen molar-refractivity contribution in [1.82, 2.24) is 0 Å². The van der Waals surface area contributed by atoms with Crippen LogP contribution in [0.5, 0.6) is 5.75 Å². The Balaban J connectivity index is 1.89. The third-order valence-corrected chi connectivity index (χ3v) is 3.00. The molecule has 0 radical (unpaired) electrons. The largest absolute Gasteiger partial charge is 0.487 e. The van der Waals surface area contributed by atoms with E-state index in [2.05, 4.69) is 0 Å². The number of rotatable bonds is 6. The fourth-order valence-electron chi connectivity index (χ4n) is 1.88. The van der Waals surface area contributed by atoms with Crippen molar-refractivity contribution >= 4 is 0 Å². The van der Waals surface area contributed by atoms with Crippen molar-refractivity contribution in [3.63, 3.8) is 0 Å². The minimum atomic E-state index is -0.964. The minimum absolute atomic E-state index is 0.219. The first-order chi connectivity index (χ1) is 9.11. The Bertz CT molecular complexity index is 427. The van der Waals surface area contributed by atoms with E-state index in [9.17, 15) is 13.9 Å². The van der Waals surface area contributed by atoms with Gasteiger partial charge in [0.05, 0.1) is 19.3 Å². The van der Waals surface area contributed by atoms with E-state index in [0.717, 1.165) is 12.1 Å². The molecule has 1 fully saturated rings. The molecule has 1 N–H and O–H groups in total. The number of aliphatic hydroxyl groups excluding tert-OH is 1. The summed E-state index contributed by atoms with van der Waals surface area (Å²) in [5.74, 6) is -1.67. The highest BCUT2D eigenvalue weighted by Gasteiger charge is 2.42. The first-order valence-electron chi connectivity index (χ1n) is 6.02. The number of ether oxygens (including phenoxy) is 3. The number of hydrogen-bond donors (Lipinski definition) is 1. The quantitative estimate of drug-likeness (QED) is 0.799. The molecule has 106 valence electrons. The van der Waals surface area contributed by atoms with E-state index in [0.29, 0.717) is 19.6 Å². The molecule has 0 aromatic heterocycles. The summed E-state index contributed by atoms with van der Waals surface area (Å²) in [6, 6.07) is 3.32. The van der Waals surface area contributed by atoms with Gasteiger partial charge in [0.2, 0.25) is 0 Å². The summed E-state index contributed by atoms with van der Waals surface area (Å²) in [7, 11) is 1.55. The highest BCUT2D eigenvalue weighted by atomic mass is 19.2. The Morgan fingerprint density at radius 3 is 2.68 bits per heavy atom. The van der Waals surface area contributed by atoms with Crippen molar-refractivity contribution in [2.24, 2.45) is 0 Å². The van der Waals surface area contributed by atoms with Crippen LogP contribution in [0.1, 0.15) is 6.42 Å². The second kappa shape index (κ2) is 6.27. The Morgan fingerprint density at radius 2 is 2.05 bits per heavy atom. The van der Waals surface area contributed by atoms with E-state index >= 15 is 0 Å². The fourth-order valence-corrected chi connectivity index (χ4v) is 1.88. The van der Waals surface area contributed by atoms with Crippen molar-refractivity contribution in [2.45, 2.75) is 24.7 Å². The van der Waals surface area contributed by atoms with Crippen LogP contribution in [0.15, 0.2) is 18.2 Å². The summed E-state index contributed by atoms with van der Waals surface area (Å²) in [6.45, 7) is 0.761. The molecule has 0 saturated heterocycles. The molecule has 1 aliphatic carbocycles. The maximum atomic E-state index is 13.0. The molecule has 0 amide bonds. The predicted octanol–water partition coefficient (Wildman–Crippen LogP) is 1.51. The summed E-state index contributed by atoms with van der Waals surface area (Å²) in [4.78, 5) is 0. The molecular formula is C13H16F2O4. The Morgan fingerprint density at radius 1 is 1.26 bits per heavy atom. The van der Waals surface area contributed by atoms with Crippen molar-refractivity contribution in [3.05, 3.63) is 29.8 Å². The van der Waals surface area contributed by atoms with Crippen LogP contribution in [0.3, 0.4) is 0 Å². The summed E-state index contributed by atoms with van der Waals surface area (Å²) in [5.41, 5.74) is 0. The van der Waals surface area contributed by atoms with Gasteiger partial charge in [-0.05, 0) is 12.1 Å². The number of methoxy groups -OCH3 is 1. The Hall–Kier alpha value is -1.24. The molecule has 19 heavy (non-hydrogen) atoms. The molecule has 6 heteroatoms. The second-order valence-corrected chi connectivity index (χ2v) is 4.36. The summed E-state index contributed by atoms with van der Waals surface area (Å²) < 4.78 is 41.5. The van der Waals surface area contributed by atoms with Crippen LogP contribution < -0.4 is 4.74 Å². The smallest absolute Gasteiger partial charge is 0.162 e. The molecule has 0 spiro atoms. The lowest BCUT2D eigenvalue weighted by molar-refractivity contribution is -0.167. The Labute approximate surface area is 109 Å². The van der Waals surface area contributed by atoms with Crippen LogP contribution in [0, 0.1) is 11.6 Å². The van der Waals surface area contributed by atoms with E-state index < -0.39 is 23.8 Å². The lowest BCUT2D eigenvalue weighted by Gasteiger charge is -2.40.